The zero-order chi connectivity index (χ0) is 10.1. The molecule has 0 saturated carbocycles. The Morgan fingerprint density at radius 1 is 1.14 bits per heavy atom. The van der Waals surface area contributed by atoms with Crippen molar-refractivity contribution >= 4 is 34.3 Å². The average Bonchev–Trinajstić information content (AvgIpc) is 2.73. The first-order valence-electron chi connectivity index (χ1n) is 4.16. The van der Waals surface area contributed by atoms with Crippen LogP contribution in [0, 0.1) is 6.92 Å². The summed E-state index contributed by atoms with van der Waals surface area (Å²) < 4.78 is 0.715. The lowest BCUT2D eigenvalue weighted by atomic mass is 10.2. The number of rotatable bonds is 2. The lowest BCUT2D eigenvalue weighted by molar-refractivity contribution is 0.228. The molecule has 0 amide bonds. The molecule has 14 heavy (non-hydrogen) atoms. The molecular weight excluding hydrogens is 236 g/mol. The van der Waals surface area contributed by atoms with Gasteiger partial charge in [0, 0.05) is 14.6 Å². The Balaban J connectivity index is 2.28. The number of thiophene rings is 2. The van der Waals surface area contributed by atoms with Crippen LogP contribution in [0.2, 0.25) is 4.34 Å². The van der Waals surface area contributed by atoms with Crippen molar-refractivity contribution in [3.63, 3.8) is 0 Å². The average molecular weight is 245 g/mol. The molecule has 1 unspecified atom stereocenters. The van der Waals surface area contributed by atoms with Gasteiger partial charge in [0.25, 0.3) is 0 Å². The SMILES string of the molecule is Cc1ccc(C(O)c2ccc(Cl)s2)s1. The zero-order valence-corrected chi connectivity index (χ0v) is 9.92. The predicted molar refractivity (Wildman–Crippen MR) is 62.4 cm³/mol. The molecule has 0 spiro atoms. The summed E-state index contributed by atoms with van der Waals surface area (Å²) in [6.45, 7) is 2.03. The van der Waals surface area contributed by atoms with Crippen molar-refractivity contribution in [3.8, 4) is 0 Å². The molecule has 0 fully saturated rings. The Morgan fingerprint density at radius 2 is 1.79 bits per heavy atom. The standard InChI is InChI=1S/C10H9ClOS2/c1-6-2-3-7(13-6)10(12)8-4-5-9(11)14-8/h2-5,10,12H,1H3. The molecule has 2 aromatic rings. The largest absolute Gasteiger partial charge is 0.382 e. The van der Waals surface area contributed by atoms with E-state index in [-0.39, 0.29) is 0 Å². The highest BCUT2D eigenvalue weighted by molar-refractivity contribution is 7.16. The molecule has 4 heteroatoms. The third-order valence-electron chi connectivity index (χ3n) is 1.89. The van der Waals surface area contributed by atoms with Crippen LogP contribution in [-0.4, -0.2) is 5.11 Å². The van der Waals surface area contributed by atoms with Crippen LogP contribution in [0.1, 0.15) is 20.7 Å². The van der Waals surface area contributed by atoms with Crippen molar-refractivity contribution in [2.75, 3.05) is 0 Å². The second kappa shape index (κ2) is 4.03. The normalized spacial score (nSPS) is 13.1. The number of halogens is 1. The maximum absolute atomic E-state index is 9.98. The lowest BCUT2D eigenvalue weighted by Gasteiger charge is -2.04. The maximum Gasteiger partial charge on any atom is 0.122 e. The van der Waals surface area contributed by atoms with E-state index in [0.29, 0.717) is 4.34 Å². The molecule has 74 valence electrons. The van der Waals surface area contributed by atoms with Gasteiger partial charge in [-0.3, -0.25) is 0 Å². The Labute approximate surface area is 95.6 Å². The van der Waals surface area contributed by atoms with Crippen LogP contribution in [0.4, 0.5) is 0 Å². The van der Waals surface area contributed by atoms with Gasteiger partial charge >= 0.3 is 0 Å². The van der Waals surface area contributed by atoms with Crippen LogP contribution in [0.25, 0.3) is 0 Å². The van der Waals surface area contributed by atoms with E-state index >= 15 is 0 Å². The van der Waals surface area contributed by atoms with Gasteiger partial charge in [-0.05, 0) is 31.2 Å². The topological polar surface area (TPSA) is 20.2 Å². The fraction of sp³-hybridized carbons (Fsp3) is 0.200. The fourth-order valence-electron chi connectivity index (χ4n) is 1.22. The molecule has 2 rings (SSSR count). The molecule has 0 aliphatic heterocycles. The summed E-state index contributed by atoms with van der Waals surface area (Å²) in [5.74, 6) is 0. The van der Waals surface area contributed by atoms with Crippen molar-refractivity contribution in [2.45, 2.75) is 13.0 Å². The second-order valence-electron chi connectivity index (χ2n) is 2.99. The van der Waals surface area contributed by atoms with Crippen LogP contribution in [0.3, 0.4) is 0 Å². The summed E-state index contributed by atoms with van der Waals surface area (Å²) in [6.07, 6.45) is -0.522. The van der Waals surface area contributed by atoms with Crippen molar-refractivity contribution in [3.05, 3.63) is 43.2 Å². The molecular formula is C10H9ClOS2. The maximum atomic E-state index is 9.98. The minimum absolute atomic E-state index is 0.522. The molecule has 2 heterocycles. The van der Waals surface area contributed by atoms with Gasteiger partial charge in [-0.15, -0.1) is 22.7 Å². The summed E-state index contributed by atoms with van der Waals surface area (Å²) in [5, 5.41) is 9.98. The Morgan fingerprint density at radius 3 is 2.29 bits per heavy atom. The molecule has 0 saturated heterocycles. The molecule has 0 radical (unpaired) electrons. The lowest BCUT2D eigenvalue weighted by Crippen LogP contribution is -1.92. The van der Waals surface area contributed by atoms with Crippen LogP contribution < -0.4 is 0 Å². The molecule has 1 nitrogen and oxygen atoms in total. The highest BCUT2D eigenvalue weighted by Gasteiger charge is 2.14. The van der Waals surface area contributed by atoms with Crippen LogP contribution in [-0.2, 0) is 0 Å². The zero-order valence-electron chi connectivity index (χ0n) is 7.53. The smallest absolute Gasteiger partial charge is 0.122 e. The summed E-state index contributed by atoms with van der Waals surface area (Å²) in [5.41, 5.74) is 0. The van der Waals surface area contributed by atoms with E-state index in [0.717, 1.165) is 9.75 Å². The van der Waals surface area contributed by atoms with Gasteiger partial charge in [0.2, 0.25) is 0 Å². The number of aliphatic hydroxyl groups is 1. The monoisotopic (exact) mass is 244 g/mol. The Kier molecular flexibility index (Phi) is 2.93. The van der Waals surface area contributed by atoms with E-state index in [1.165, 1.54) is 16.2 Å². The first-order chi connectivity index (χ1) is 6.66. The molecule has 0 bridgehead atoms. The fourth-order valence-corrected chi connectivity index (χ4v) is 3.24. The van der Waals surface area contributed by atoms with Gasteiger partial charge in [-0.25, -0.2) is 0 Å². The Bertz CT molecular complexity index is 393. The van der Waals surface area contributed by atoms with Gasteiger partial charge in [0.1, 0.15) is 6.10 Å². The van der Waals surface area contributed by atoms with E-state index in [1.807, 2.05) is 31.2 Å². The molecule has 0 aliphatic rings. The van der Waals surface area contributed by atoms with Crippen molar-refractivity contribution in [1.82, 2.24) is 0 Å². The molecule has 0 aliphatic carbocycles. The van der Waals surface area contributed by atoms with Gasteiger partial charge in [0.05, 0.1) is 4.34 Å². The third-order valence-corrected chi connectivity index (χ3v) is 4.23. The highest BCUT2D eigenvalue weighted by atomic mass is 35.5. The number of hydrogen-bond donors (Lipinski definition) is 1. The summed E-state index contributed by atoms with van der Waals surface area (Å²) in [6, 6.07) is 7.65. The van der Waals surface area contributed by atoms with Crippen molar-refractivity contribution in [1.29, 1.82) is 0 Å². The first kappa shape index (κ1) is 10.2. The minimum atomic E-state index is -0.522. The van der Waals surface area contributed by atoms with E-state index in [1.54, 1.807) is 11.3 Å². The predicted octanol–water partition coefficient (Wildman–Crippen LogP) is 3.85. The summed E-state index contributed by atoms with van der Waals surface area (Å²) in [7, 11) is 0. The molecule has 1 N–H and O–H groups in total. The number of hydrogen-bond acceptors (Lipinski definition) is 3. The van der Waals surface area contributed by atoms with E-state index in [9.17, 15) is 5.11 Å². The summed E-state index contributed by atoms with van der Waals surface area (Å²) >= 11 is 8.84. The van der Waals surface area contributed by atoms with Crippen LogP contribution in [0.15, 0.2) is 24.3 Å². The van der Waals surface area contributed by atoms with Gasteiger partial charge in [0.15, 0.2) is 0 Å². The molecule has 1 atom stereocenters. The van der Waals surface area contributed by atoms with Crippen LogP contribution >= 0.6 is 34.3 Å². The molecule has 2 aromatic heterocycles. The van der Waals surface area contributed by atoms with Crippen molar-refractivity contribution in [2.24, 2.45) is 0 Å². The van der Waals surface area contributed by atoms with E-state index in [2.05, 4.69) is 0 Å². The van der Waals surface area contributed by atoms with Gasteiger partial charge in [-0.1, -0.05) is 11.6 Å². The molecule has 0 aromatic carbocycles. The number of aliphatic hydroxyl groups excluding tert-OH is 1. The van der Waals surface area contributed by atoms with Gasteiger partial charge < -0.3 is 5.11 Å². The highest BCUT2D eigenvalue weighted by Crippen LogP contribution is 2.33. The second-order valence-corrected chi connectivity index (χ2v) is 6.06. The quantitative estimate of drug-likeness (QED) is 0.851. The Hall–Kier alpha value is -0.350. The summed E-state index contributed by atoms with van der Waals surface area (Å²) in [4.78, 5) is 3.08. The van der Waals surface area contributed by atoms with E-state index < -0.39 is 6.10 Å². The first-order valence-corrected chi connectivity index (χ1v) is 6.17. The minimum Gasteiger partial charge on any atom is -0.382 e. The third kappa shape index (κ3) is 2.01. The number of aryl methyl sites for hydroxylation is 1. The van der Waals surface area contributed by atoms with E-state index in [4.69, 9.17) is 11.6 Å². The van der Waals surface area contributed by atoms with Crippen molar-refractivity contribution < 1.29 is 5.11 Å². The van der Waals surface area contributed by atoms with Gasteiger partial charge in [-0.2, -0.15) is 0 Å². The van der Waals surface area contributed by atoms with Crippen LogP contribution in [0.5, 0.6) is 0 Å².